The van der Waals surface area contributed by atoms with Crippen LogP contribution in [0.15, 0.2) is 33.7 Å². The van der Waals surface area contributed by atoms with Crippen LogP contribution < -0.4 is 20.7 Å². The van der Waals surface area contributed by atoms with E-state index in [0.717, 1.165) is 29.3 Å². The van der Waals surface area contributed by atoms with Crippen LogP contribution in [0.25, 0.3) is 0 Å². The molecule has 0 radical (unpaired) electrons. The van der Waals surface area contributed by atoms with E-state index in [1.54, 1.807) is 7.05 Å². The van der Waals surface area contributed by atoms with Crippen molar-refractivity contribution in [3.05, 3.63) is 28.7 Å². The Morgan fingerprint density at radius 2 is 1.88 bits per heavy atom. The van der Waals surface area contributed by atoms with Crippen molar-refractivity contribution in [1.29, 1.82) is 0 Å². The van der Waals surface area contributed by atoms with Gasteiger partial charge in [-0.15, -0.1) is 24.0 Å². The molecule has 1 aromatic carbocycles. The molecule has 0 bridgehead atoms. The number of hydrogen-bond donors (Lipinski definition) is 3. The molecule has 0 fully saturated rings. The van der Waals surface area contributed by atoms with Crippen LogP contribution in [0.1, 0.15) is 27.7 Å². The zero-order valence-corrected chi connectivity index (χ0v) is 19.1. The van der Waals surface area contributed by atoms with Gasteiger partial charge < -0.3 is 20.7 Å². The van der Waals surface area contributed by atoms with Gasteiger partial charge in [0, 0.05) is 25.7 Å². The lowest BCUT2D eigenvalue weighted by molar-refractivity contribution is 0.222. The van der Waals surface area contributed by atoms with E-state index in [1.165, 1.54) is 0 Å². The first-order chi connectivity index (χ1) is 10.8. The van der Waals surface area contributed by atoms with E-state index in [9.17, 15) is 0 Å². The lowest BCUT2D eigenvalue weighted by Crippen LogP contribution is -2.46. The lowest BCUT2D eigenvalue weighted by Gasteiger charge is -2.21. The Kier molecular flexibility index (Phi) is 11.6. The Morgan fingerprint density at radius 1 is 1.21 bits per heavy atom. The number of benzene rings is 1. The molecule has 1 rings (SSSR count). The predicted octanol–water partition coefficient (Wildman–Crippen LogP) is 3.39. The summed E-state index contributed by atoms with van der Waals surface area (Å²) >= 11 is 3.49. The molecule has 0 aliphatic heterocycles. The molecule has 3 N–H and O–H groups in total. The highest BCUT2D eigenvalue weighted by Crippen LogP contribution is 2.24. The number of guanidine groups is 1. The average molecular weight is 513 g/mol. The zero-order chi connectivity index (χ0) is 17.3. The largest absolute Gasteiger partial charge is 0.488 e. The maximum atomic E-state index is 5.91. The SMILES string of the molecule is CN=C(NCCNC(C)(C)C)NCC(C)Oc1ccccc1Br.I. The number of halogens is 2. The van der Waals surface area contributed by atoms with Gasteiger partial charge in [0.1, 0.15) is 11.9 Å². The number of ether oxygens (including phenoxy) is 1. The van der Waals surface area contributed by atoms with E-state index < -0.39 is 0 Å². The van der Waals surface area contributed by atoms with Crippen molar-refractivity contribution in [2.24, 2.45) is 4.99 Å². The molecule has 0 spiro atoms. The van der Waals surface area contributed by atoms with E-state index in [2.05, 4.69) is 57.6 Å². The summed E-state index contributed by atoms with van der Waals surface area (Å²) in [4.78, 5) is 4.22. The van der Waals surface area contributed by atoms with Crippen molar-refractivity contribution in [3.8, 4) is 5.75 Å². The van der Waals surface area contributed by atoms with Crippen molar-refractivity contribution in [2.75, 3.05) is 26.7 Å². The van der Waals surface area contributed by atoms with E-state index >= 15 is 0 Å². The topological polar surface area (TPSA) is 57.7 Å². The highest BCUT2D eigenvalue weighted by Gasteiger charge is 2.09. The van der Waals surface area contributed by atoms with Crippen molar-refractivity contribution in [2.45, 2.75) is 39.3 Å². The minimum absolute atomic E-state index is 0. The van der Waals surface area contributed by atoms with Gasteiger partial charge in [-0.05, 0) is 55.8 Å². The van der Waals surface area contributed by atoms with Crippen LogP contribution in [0.3, 0.4) is 0 Å². The minimum atomic E-state index is 0. The first-order valence-electron chi connectivity index (χ1n) is 7.92. The number of rotatable bonds is 7. The van der Waals surface area contributed by atoms with Gasteiger partial charge >= 0.3 is 0 Å². The maximum Gasteiger partial charge on any atom is 0.191 e. The molecule has 0 amide bonds. The maximum absolute atomic E-state index is 5.91. The second kappa shape index (κ2) is 11.9. The number of aliphatic imine (C=N–C) groups is 1. The second-order valence-electron chi connectivity index (χ2n) is 6.42. The fourth-order valence-corrected chi connectivity index (χ4v) is 2.26. The van der Waals surface area contributed by atoms with Crippen molar-refractivity contribution in [3.63, 3.8) is 0 Å². The standard InChI is InChI=1S/C17H29BrN4O.HI/c1-13(23-15-9-7-6-8-14(15)18)12-21-16(19-5)20-10-11-22-17(2,3)4;/h6-9,13,22H,10-12H2,1-5H3,(H2,19,20,21);1H. The summed E-state index contributed by atoms with van der Waals surface area (Å²) in [6.45, 7) is 10.9. The Hall–Kier alpha value is -0.540. The molecule has 1 unspecified atom stereocenters. The first-order valence-corrected chi connectivity index (χ1v) is 8.72. The third-order valence-electron chi connectivity index (χ3n) is 3.02. The van der Waals surface area contributed by atoms with E-state index in [4.69, 9.17) is 4.74 Å². The van der Waals surface area contributed by atoms with Crippen molar-refractivity contribution >= 4 is 45.9 Å². The van der Waals surface area contributed by atoms with Gasteiger partial charge in [-0.1, -0.05) is 12.1 Å². The Morgan fingerprint density at radius 3 is 2.46 bits per heavy atom. The average Bonchev–Trinajstić information content (AvgIpc) is 2.48. The van der Waals surface area contributed by atoms with Gasteiger partial charge in [-0.3, -0.25) is 4.99 Å². The third kappa shape index (κ3) is 10.4. The van der Waals surface area contributed by atoms with Crippen LogP contribution in [0.4, 0.5) is 0 Å². The molecule has 1 aromatic rings. The smallest absolute Gasteiger partial charge is 0.191 e. The molecule has 0 aromatic heterocycles. The van der Waals surface area contributed by atoms with Crippen LogP contribution in [-0.2, 0) is 0 Å². The van der Waals surface area contributed by atoms with Crippen LogP contribution in [0.5, 0.6) is 5.75 Å². The molecule has 0 saturated heterocycles. The molecule has 138 valence electrons. The zero-order valence-electron chi connectivity index (χ0n) is 15.1. The lowest BCUT2D eigenvalue weighted by atomic mass is 10.1. The van der Waals surface area contributed by atoms with Gasteiger partial charge in [-0.2, -0.15) is 0 Å². The van der Waals surface area contributed by atoms with E-state index in [0.29, 0.717) is 6.54 Å². The molecule has 7 heteroatoms. The monoisotopic (exact) mass is 512 g/mol. The number of para-hydroxylation sites is 1. The summed E-state index contributed by atoms with van der Waals surface area (Å²) in [5.41, 5.74) is 0.129. The first kappa shape index (κ1) is 23.5. The predicted molar refractivity (Wildman–Crippen MR) is 117 cm³/mol. The minimum Gasteiger partial charge on any atom is -0.488 e. The summed E-state index contributed by atoms with van der Waals surface area (Å²) in [6.07, 6.45) is 0.0277. The molecule has 1 atom stereocenters. The third-order valence-corrected chi connectivity index (χ3v) is 3.67. The Balaban J connectivity index is 0.00000529. The molecular weight excluding hydrogens is 483 g/mol. The molecular formula is C17H30BrIN4O. The number of nitrogens with one attached hydrogen (secondary N) is 3. The fraction of sp³-hybridized carbons (Fsp3) is 0.588. The van der Waals surface area contributed by atoms with Crippen molar-refractivity contribution < 1.29 is 4.74 Å². The number of hydrogen-bond acceptors (Lipinski definition) is 3. The summed E-state index contributed by atoms with van der Waals surface area (Å²) in [6, 6.07) is 7.85. The van der Waals surface area contributed by atoms with Gasteiger partial charge in [0.05, 0.1) is 11.0 Å². The normalized spacial score (nSPS) is 13.0. The van der Waals surface area contributed by atoms with Gasteiger partial charge in [0.15, 0.2) is 5.96 Å². The number of nitrogens with zero attached hydrogens (tertiary/aromatic N) is 1. The Bertz CT molecular complexity index is 506. The van der Waals surface area contributed by atoms with Crippen LogP contribution in [-0.4, -0.2) is 44.3 Å². The van der Waals surface area contributed by atoms with Gasteiger partial charge in [-0.25, -0.2) is 0 Å². The Labute approximate surface area is 171 Å². The molecule has 24 heavy (non-hydrogen) atoms. The molecule has 0 aliphatic rings. The molecule has 0 aliphatic carbocycles. The van der Waals surface area contributed by atoms with Crippen LogP contribution >= 0.6 is 39.9 Å². The quantitative estimate of drug-likeness (QED) is 0.227. The summed E-state index contributed by atoms with van der Waals surface area (Å²) < 4.78 is 6.87. The van der Waals surface area contributed by atoms with E-state index in [1.807, 2.05) is 31.2 Å². The highest BCUT2D eigenvalue weighted by atomic mass is 127. The summed E-state index contributed by atoms with van der Waals surface area (Å²) in [5.74, 6) is 1.63. The van der Waals surface area contributed by atoms with E-state index in [-0.39, 0.29) is 35.6 Å². The van der Waals surface area contributed by atoms with Crippen molar-refractivity contribution in [1.82, 2.24) is 16.0 Å². The molecule has 5 nitrogen and oxygen atoms in total. The van der Waals surface area contributed by atoms with Gasteiger partial charge in [0.25, 0.3) is 0 Å². The highest BCUT2D eigenvalue weighted by molar-refractivity contribution is 14.0. The van der Waals surface area contributed by atoms with Crippen LogP contribution in [0, 0.1) is 0 Å². The molecule has 0 saturated carbocycles. The molecule has 0 heterocycles. The summed E-state index contributed by atoms with van der Waals surface area (Å²) in [7, 11) is 1.77. The second-order valence-corrected chi connectivity index (χ2v) is 7.27. The van der Waals surface area contributed by atoms with Crippen LogP contribution in [0.2, 0.25) is 0 Å². The fourth-order valence-electron chi connectivity index (χ4n) is 1.88. The summed E-state index contributed by atoms with van der Waals surface area (Å²) in [5, 5.41) is 9.99. The van der Waals surface area contributed by atoms with Gasteiger partial charge in [0.2, 0.25) is 0 Å².